The maximum absolute atomic E-state index is 12.2. The van der Waals surface area contributed by atoms with Crippen LogP contribution in [0.2, 0.25) is 0 Å². The number of alkyl halides is 1. The van der Waals surface area contributed by atoms with Crippen molar-refractivity contribution in [2.75, 3.05) is 13.3 Å². The Morgan fingerprint density at radius 1 is 0.971 bits per heavy atom. The predicted molar refractivity (Wildman–Crippen MR) is 136 cm³/mol. The molecule has 35 heavy (non-hydrogen) atoms. The summed E-state index contributed by atoms with van der Waals surface area (Å²) >= 11 is 0. The monoisotopic (exact) mass is 519 g/mol. The first-order valence-electron chi connectivity index (χ1n) is 12.0. The number of amides is 1. The van der Waals surface area contributed by atoms with Crippen LogP contribution in [0.15, 0.2) is 24.3 Å². The first-order valence-corrected chi connectivity index (χ1v) is 12.9. The molecule has 0 aliphatic rings. The molecule has 202 valence electrons. The number of rotatable bonds is 15. The van der Waals surface area contributed by atoms with E-state index in [0.29, 0.717) is 25.2 Å². The van der Waals surface area contributed by atoms with Crippen molar-refractivity contribution < 1.29 is 37.6 Å². The highest BCUT2D eigenvalue weighted by molar-refractivity contribution is 7.17. The summed E-state index contributed by atoms with van der Waals surface area (Å²) in [6.45, 7) is 12.6. The summed E-state index contributed by atoms with van der Waals surface area (Å²) in [5.74, 6) is -1.23. The molecule has 0 spiro atoms. The molecule has 1 aromatic carbocycles. The first-order chi connectivity index (χ1) is 16.2. The van der Waals surface area contributed by atoms with Crippen LogP contribution in [0.5, 0.6) is 5.75 Å². The van der Waals surface area contributed by atoms with Crippen molar-refractivity contribution in [1.82, 2.24) is 5.32 Å². The van der Waals surface area contributed by atoms with Crippen LogP contribution >= 0.6 is 8.69 Å². The topological polar surface area (TPSA) is 103 Å². The average molecular weight is 520 g/mol. The Hall–Kier alpha value is -1.67. The van der Waals surface area contributed by atoms with Gasteiger partial charge in [0.2, 0.25) is 0 Å². The number of nitrogens with one attached hydrogen (secondary N) is 1. The summed E-state index contributed by atoms with van der Waals surface area (Å²) in [7, 11) is -1.78. The SMILES string of the molecule is CC(C)(C)OC(O[PH2]=O)(OC(C)(C)C)[C@@](C)(CCc1ccc(OCCCCCF)cc1)NC(=O)O. The molecule has 0 heterocycles. The smallest absolute Gasteiger partial charge is 0.405 e. The second-order valence-electron chi connectivity index (χ2n) is 10.7. The molecule has 0 aliphatic carbocycles. The highest BCUT2D eigenvalue weighted by Gasteiger charge is 2.57. The highest BCUT2D eigenvalue weighted by atomic mass is 31.1. The lowest BCUT2D eigenvalue weighted by Crippen LogP contribution is -2.68. The Kier molecular flexibility index (Phi) is 12.2. The van der Waals surface area contributed by atoms with Gasteiger partial charge in [-0.25, -0.2) is 4.79 Å². The Labute approximate surface area is 210 Å². The number of carbonyl (C=O) groups is 1. The lowest BCUT2D eigenvalue weighted by atomic mass is 9.89. The molecule has 0 radical (unpaired) electrons. The molecule has 8 nitrogen and oxygen atoms in total. The van der Waals surface area contributed by atoms with Gasteiger partial charge in [0, 0.05) is 0 Å². The van der Waals surface area contributed by atoms with Crippen LogP contribution in [0, 0.1) is 0 Å². The van der Waals surface area contributed by atoms with Gasteiger partial charge in [-0.05, 0) is 98.3 Å². The van der Waals surface area contributed by atoms with Gasteiger partial charge < -0.3 is 24.6 Å². The van der Waals surface area contributed by atoms with Gasteiger partial charge >= 0.3 is 12.1 Å². The average Bonchev–Trinajstić information content (AvgIpc) is 2.70. The molecule has 0 saturated heterocycles. The van der Waals surface area contributed by atoms with Crippen molar-refractivity contribution in [3.8, 4) is 5.75 Å². The standard InChI is InChI=1S/C25H43FNO7P/c1-22(2,3)32-25(34-35-30,33-23(4,5)6)24(7,27-21(28)29)16-15-19-11-13-20(14-12-19)31-18-10-8-9-17-26/h11-14,27H,8-10,15-18,35H2,1-7H3,(H,28,29)/t24-/m1/s1. The number of halogens is 1. The third kappa shape index (κ3) is 11.3. The number of ether oxygens (including phenoxy) is 3. The fourth-order valence-corrected chi connectivity index (χ4v) is 4.01. The summed E-state index contributed by atoms with van der Waals surface area (Å²) in [6, 6.07) is 7.48. The van der Waals surface area contributed by atoms with Crippen molar-refractivity contribution in [3.05, 3.63) is 29.8 Å². The Morgan fingerprint density at radius 2 is 1.54 bits per heavy atom. The Balaban J connectivity index is 3.15. The van der Waals surface area contributed by atoms with Gasteiger partial charge in [0.1, 0.15) is 11.3 Å². The molecule has 2 atom stereocenters. The molecule has 1 rings (SSSR count). The van der Waals surface area contributed by atoms with Gasteiger partial charge in [-0.15, -0.1) is 0 Å². The summed E-state index contributed by atoms with van der Waals surface area (Å²) in [6.07, 6.45) is 1.51. The van der Waals surface area contributed by atoms with Gasteiger partial charge in [0.25, 0.3) is 0 Å². The molecule has 0 bridgehead atoms. The number of carboxylic acid groups (broad SMARTS) is 1. The Bertz CT molecular complexity index is 776. The molecule has 1 aromatic rings. The summed E-state index contributed by atoms with van der Waals surface area (Å²) in [4.78, 5) is 11.8. The maximum Gasteiger partial charge on any atom is 0.405 e. The van der Waals surface area contributed by atoms with Crippen molar-refractivity contribution in [2.45, 2.75) is 103 Å². The van der Waals surface area contributed by atoms with Crippen LogP contribution in [0.4, 0.5) is 9.18 Å². The zero-order valence-corrected chi connectivity index (χ0v) is 23.3. The number of hydrogen-bond donors (Lipinski definition) is 2. The molecular weight excluding hydrogens is 476 g/mol. The maximum atomic E-state index is 12.2. The number of benzene rings is 1. The lowest BCUT2D eigenvalue weighted by molar-refractivity contribution is -0.423. The van der Waals surface area contributed by atoms with E-state index >= 15 is 0 Å². The van der Waals surface area contributed by atoms with Gasteiger partial charge in [-0.3, -0.25) is 13.5 Å². The number of hydrogen-bond acceptors (Lipinski definition) is 6. The van der Waals surface area contributed by atoms with Crippen LogP contribution in [0.25, 0.3) is 0 Å². The van der Waals surface area contributed by atoms with E-state index in [-0.39, 0.29) is 13.1 Å². The second-order valence-corrected chi connectivity index (χ2v) is 11.1. The minimum atomic E-state index is -1.94. The Morgan fingerprint density at radius 3 is 2.00 bits per heavy atom. The van der Waals surface area contributed by atoms with Crippen LogP contribution in [-0.4, -0.2) is 47.2 Å². The number of aryl methyl sites for hydroxylation is 1. The van der Waals surface area contributed by atoms with Gasteiger partial charge in [-0.1, -0.05) is 12.1 Å². The van der Waals surface area contributed by atoms with E-state index in [9.17, 15) is 18.9 Å². The summed E-state index contributed by atoms with van der Waals surface area (Å²) in [5.41, 5.74) is -2.08. The summed E-state index contributed by atoms with van der Waals surface area (Å²) in [5, 5.41) is 12.2. The molecule has 2 N–H and O–H groups in total. The van der Waals surface area contributed by atoms with E-state index in [2.05, 4.69) is 5.32 Å². The van der Waals surface area contributed by atoms with Crippen LogP contribution in [0.1, 0.15) is 79.7 Å². The van der Waals surface area contributed by atoms with Gasteiger partial charge in [0.15, 0.2) is 8.69 Å². The fourth-order valence-electron chi connectivity index (χ4n) is 3.53. The normalized spacial score (nSPS) is 14.7. The molecule has 10 heteroatoms. The lowest BCUT2D eigenvalue weighted by Gasteiger charge is -2.50. The quantitative estimate of drug-likeness (QED) is 0.163. The third-order valence-corrected chi connectivity index (χ3v) is 5.43. The van der Waals surface area contributed by atoms with Gasteiger partial charge in [-0.2, -0.15) is 0 Å². The van der Waals surface area contributed by atoms with E-state index in [4.69, 9.17) is 18.7 Å². The summed E-state index contributed by atoms with van der Waals surface area (Å²) < 4.78 is 47.7. The minimum absolute atomic E-state index is 0.230. The van der Waals surface area contributed by atoms with Crippen LogP contribution in [0.3, 0.4) is 0 Å². The minimum Gasteiger partial charge on any atom is -0.494 e. The molecule has 0 aliphatic heterocycles. The van der Waals surface area contributed by atoms with Crippen molar-refractivity contribution in [3.63, 3.8) is 0 Å². The molecule has 0 saturated carbocycles. The van der Waals surface area contributed by atoms with E-state index in [1.54, 1.807) is 48.5 Å². The van der Waals surface area contributed by atoms with E-state index < -0.39 is 37.5 Å². The van der Waals surface area contributed by atoms with Crippen LogP contribution < -0.4 is 10.1 Å². The molecule has 1 unspecified atom stereocenters. The molecule has 1 amide bonds. The second kappa shape index (κ2) is 13.6. The first kappa shape index (κ1) is 31.4. The third-order valence-electron chi connectivity index (χ3n) is 5.03. The van der Waals surface area contributed by atoms with E-state index in [1.165, 1.54) is 0 Å². The van der Waals surface area contributed by atoms with Crippen LogP contribution in [-0.2, 0) is 25.0 Å². The van der Waals surface area contributed by atoms with Crippen molar-refractivity contribution >= 4 is 14.8 Å². The fraction of sp³-hybridized carbons (Fsp3) is 0.720. The largest absolute Gasteiger partial charge is 0.494 e. The molecular formula is C25H43FNO7P. The zero-order chi connectivity index (χ0) is 26.8. The zero-order valence-electron chi connectivity index (χ0n) is 22.1. The molecule has 0 fully saturated rings. The van der Waals surface area contributed by atoms with E-state index in [0.717, 1.165) is 18.4 Å². The number of unbranched alkanes of at least 4 members (excludes halogenated alkanes) is 2. The predicted octanol–water partition coefficient (Wildman–Crippen LogP) is 6.14. The molecule has 0 aromatic heterocycles. The highest BCUT2D eigenvalue weighted by Crippen LogP contribution is 2.42. The van der Waals surface area contributed by atoms with Gasteiger partial charge in [0.05, 0.1) is 24.5 Å². The van der Waals surface area contributed by atoms with Crippen molar-refractivity contribution in [2.24, 2.45) is 0 Å². The van der Waals surface area contributed by atoms with Crippen molar-refractivity contribution in [1.29, 1.82) is 0 Å². The van der Waals surface area contributed by atoms with E-state index in [1.807, 2.05) is 24.3 Å².